The summed E-state index contributed by atoms with van der Waals surface area (Å²) in [5.74, 6) is -0.710. The third-order valence-corrected chi connectivity index (χ3v) is 4.15. The van der Waals surface area contributed by atoms with Crippen molar-refractivity contribution in [3.63, 3.8) is 0 Å². The lowest BCUT2D eigenvalue weighted by Crippen LogP contribution is -2.25. The van der Waals surface area contributed by atoms with Gasteiger partial charge in [0.1, 0.15) is 0 Å². The Morgan fingerprint density at radius 1 is 0.714 bits per heavy atom. The number of aliphatic hydroxyl groups is 1. The summed E-state index contributed by atoms with van der Waals surface area (Å²) in [6.07, 6.45) is -1.12. The van der Waals surface area contributed by atoms with Gasteiger partial charge in [-0.25, -0.2) is 9.59 Å². The van der Waals surface area contributed by atoms with E-state index >= 15 is 0 Å². The molecular weight excluding hydrogens is 460 g/mol. The van der Waals surface area contributed by atoms with Crippen LogP contribution in [0, 0.1) is 0 Å². The van der Waals surface area contributed by atoms with Crippen LogP contribution in [-0.2, 0) is 49.4 Å². The Morgan fingerprint density at radius 2 is 1.17 bits per heavy atom. The fourth-order valence-electron chi connectivity index (χ4n) is 2.37. The summed E-state index contributed by atoms with van der Waals surface area (Å²) in [7, 11) is 0. The molecule has 1 aromatic carbocycles. The largest absolute Gasteiger partial charge is 0.464 e. The summed E-state index contributed by atoms with van der Waals surface area (Å²) in [6.45, 7) is 10.9. The number of hydrogen-bond donors (Lipinski definition) is 1. The summed E-state index contributed by atoms with van der Waals surface area (Å²) in [4.78, 5) is 22.3. The van der Waals surface area contributed by atoms with E-state index in [1.807, 2.05) is 30.3 Å². The van der Waals surface area contributed by atoms with Crippen molar-refractivity contribution >= 4 is 11.9 Å². The van der Waals surface area contributed by atoms with Gasteiger partial charge in [-0.1, -0.05) is 30.3 Å². The van der Waals surface area contributed by atoms with Crippen LogP contribution in [0.2, 0.25) is 0 Å². The maximum atomic E-state index is 11.3. The molecule has 2 atom stereocenters. The van der Waals surface area contributed by atoms with E-state index in [1.165, 1.54) is 0 Å². The molecule has 1 rings (SSSR count). The Hall–Kier alpha value is -2.08. The van der Waals surface area contributed by atoms with Crippen molar-refractivity contribution in [3.8, 4) is 0 Å². The van der Waals surface area contributed by atoms with Crippen molar-refractivity contribution in [2.45, 2.75) is 46.5 Å². The quantitative estimate of drug-likeness (QED) is 0.223. The van der Waals surface area contributed by atoms with Gasteiger partial charge in [-0.2, -0.15) is 0 Å². The minimum absolute atomic E-state index is 0.00652. The van der Waals surface area contributed by atoms with Gasteiger partial charge in [0.15, 0.2) is 12.2 Å². The molecule has 0 aromatic heterocycles. The Labute approximate surface area is 208 Å². The molecule has 0 unspecified atom stereocenters. The minimum Gasteiger partial charge on any atom is -0.464 e. The SMILES string of the molecule is CCOC(=O)[C@H](C)OCCOCCO.CCOC(=O)[C@H](C)OCCOCCOCc1ccccc1. The van der Waals surface area contributed by atoms with Gasteiger partial charge in [0, 0.05) is 0 Å². The van der Waals surface area contributed by atoms with Crippen LogP contribution in [-0.4, -0.2) is 95.3 Å². The Bertz CT molecular complexity index is 626. The van der Waals surface area contributed by atoms with Crippen LogP contribution in [0.25, 0.3) is 0 Å². The first-order valence-corrected chi connectivity index (χ1v) is 11.9. The molecule has 0 heterocycles. The highest BCUT2D eigenvalue weighted by molar-refractivity contribution is 5.74. The molecule has 35 heavy (non-hydrogen) atoms. The van der Waals surface area contributed by atoms with Crippen LogP contribution in [0.15, 0.2) is 30.3 Å². The first-order valence-electron chi connectivity index (χ1n) is 11.9. The van der Waals surface area contributed by atoms with Gasteiger partial charge in [0.05, 0.1) is 72.7 Å². The fraction of sp³-hybridized carbons (Fsp3) is 0.680. The van der Waals surface area contributed by atoms with E-state index in [0.717, 1.165) is 5.56 Å². The van der Waals surface area contributed by atoms with Crippen molar-refractivity contribution in [2.24, 2.45) is 0 Å². The second kappa shape index (κ2) is 23.7. The summed E-state index contributed by atoms with van der Waals surface area (Å²) < 4.78 is 35.8. The minimum atomic E-state index is -0.562. The zero-order valence-corrected chi connectivity index (χ0v) is 21.4. The fourth-order valence-corrected chi connectivity index (χ4v) is 2.37. The standard InChI is InChI=1S/C16H24O5.C9H18O5/c1-3-20-16(17)14(2)21-12-11-18-9-10-19-13-15-7-5-4-6-8-15;1-3-13-9(11)8(2)14-7-6-12-5-4-10/h4-8,14H,3,9-13H2,1-2H3;8,10H,3-7H2,1-2H3/t14-;8-/m00/s1. The molecule has 0 aliphatic rings. The predicted molar refractivity (Wildman–Crippen MR) is 129 cm³/mol. The lowest BCUT2D eigenvalue weighted by molar-refractivity contribution is -0.157. The number of carbonyl (C=O) groups is 2. The lowest BCUT2D eigenvalue weighted by Gasteiger charge is -2.12. The second-order valence-corrected chi connectivity index (χ2v) is 7.02. The molecule has 10 heteroatoms. The number of esters is 2. The number of benzene rings is 1. The van der Waals surface area contributed by atoms with Gasteiger partial charge in [0.25, 0.3) is 0 Å². The lowest BCUT2D eigenvalue weighted by atomic mass is 10.2. The van der Waals surface area contributed by atoms with Crippen LogP contribution >= 0.6 is 0 Å². The van der Waals surface area contributed by atoms with Gasteiger partial charge in [-0.3, -0.25) is 0 Å². The van der Waals surface area contributed by atoms with Gasteiger partial charge in [-0.05, 0) is 33.3 Å². The monoisotopic (exact) mass is 502 g/mol. The first-order chi connectivity index (χ1) is 17.0. The maximum Gasteiger partial charge on any atom is 0.334 e. The van der Waals surface area contributed by atoms with Crippen molar-refractivity contribution in [1.29, 1.82) is 0 Å². The van der Waals surface area contributed by atoms with Gasteiger partial charge < -0.3 is 38.3 Å². The summed E-state index contributed by atoms with van der Waals surface area (Å²) >= 11 is 0. The number of rotatable bonds is 19. The molecule has 0 aliphatic heterocycles. The number of hydrogen-bond acceptors (Lipinski definition) is 10. The van der Waals surface area contributed by atoms with Gasteiger partial charge >= 0.3 is 11.9 Å². The molecule has 1 N–H and O–H groups in total. The van der Waals surface area contributed by atoms with Crippen LogP contribution in [0.5, 0.6) is 0 Å². The molecule has 10 nitrogen and oxygen atoms in total. The van der Waals surface area contributed by atoms with Crippen molar-refractivity contribution in [1.82, 2.24) is 0 Å². The van der Waals surface area contributed by atoms with E-state index in [4.69, 9.17) is 38.3 Å². The van der Waals surface area contributed by atoms with Gasteiger partial charge in [0.2, 0.25) is 0 Å². The van der Waals surface area contributed by atoms with E-state index < -0.39 is 12.2 Å². The number of carbonyl (C=O) groups excluding carboxylic acids is 2. The van der Waals surface area contributed by atoms with Gasteiger partial charge in [-0.15, -0.1) is 0 Å². The highest BCUT2D eigenvalue weighted by Gasteiger charge is 2.14. The molecule has 0 amide bonds. The highest BCUT2D eigenvalue weighted by atomic mass is 16.6. The number of aliphatic hydroxyl groups excluding tert-OH is 1. The summed E-state index contributed by atoms with van der Waals surface area (Å²) in [6, 6.07) is 9.98. The molecule has 0 spiro atoms. The third kappa shape index (κ3) is 19.9. The van der Waals surface area contributed by atoms with Crippen LogP contribution in [0.3, 0.4) is 0 Å². The van der Waals surface area contributed by atoms with Crippen molar-refractivity contribution in [2.75, 3.05) is 66.1 Å². The van der Waals surface area contributed by atoms with E-state index in [-0.39, 0.29) is 25.2 Å². The predicted octanol–water partition coefficient (Wildman–Crippen LogP) is 2.15. The second-order valence-electron chi connectivity index (χ2n) is 7.02. The molecule has 0 aliphatic carbocycles. The highest BCUT2D eigenvalue weighted by Crippen LogP contribution is 2.00. The normalized spacial score (nSPS) is 12.3. The topological polar surface area (TPSA) is 119 Å². The maximum absolute atomic E-state index is 11.3. The van der Waals surface area contributed by atoms with E-state index in [2.05, 4.69) is 0 Å². The smallest absolute Gasteiger partial charge is 0.334 e. The zero-order chi connectivity index (χ0) is 26.2. The van der Waals surface area contributed by atoms with Crippen LogP contribution < -0.4 is 0 Å². The Balaban J connectivity index is 0.000000720. The molecule has 1 aromatic rings. The molecule has 202 valence electrons. The molecule has 0 bridgehead atoms. The molecule has 0 fully saturated rings. The van der Waals surface area contributed by atoms with Crippen molar-refractivity contribution < 1.29 is 47.9 Å². The molecule has 0 saturated carbocycles. The van der Waals surface area contributed by atoms with Crippen LogP contribution in [0.1, 0.15) is 33.3 Å². The number of ether oxygens (including phenoxy) is 7. The first kappa shape index (κ1) is 32.9. The Kier molecular flexibility index (Phi) is 22.2. The summed E-state index contributed by atoms with van der Waals surface area (Å²) in [5, 5.41) is 8.39. The average molecular weight is 503 g/mol. The third-order valence-electron chi connectivity index (χ3n) is 4.15. The molecule has 0 saturated heterocycles. The van der Waals surface area contributed by atoms with E-state index in [0.29, 0.717) is 59.5 Å². The zero-order valence-electron chi connectivity index (χ0n) is 21.4. The van der Waals surface area contributed by atoms with E-state index in [1.54, 1.807) is 27.7 Å². The molecular formula is C25H42O10. The average Bonchev–Trinajstić information content (AvgIpc) is 2.86. The molecule has 0 radical (unpaired) electrons. The summed E-state index contributed by atoms with van der Waals surface area (Å²) in [5.41, 5.74) is 1.14. The van der Waals surface area contributed by atoms with Crippen molar-refractivity contribution in [3.05, 3.63) is 35.9 Å². The Morgan fingerprint density at radius 3 is 1.66 bits per heavy atom. The van der Waals surface area contributed by atoms with Crippen LogP contribution in [0.4, 0.5) is 0 Å². The van der Waals surface area contributed by atoms with E-state index in [9.17, 15) is 9.59 Å².